The van der Waals surface area contributed by atoms with Crippen LogP contribution in [-0.4, -0.2) is 65.6 Å². The highest BCUT2D eigenvalue weighted by molar-refractivity contribution is 7.13. The van der Waals surface area contributed by atoms with E-state index in [9.17, 15) is 9.59 Å². The first-order chi connectivity index (χ1) is 12.6. The van der Waals surface area contributed by atoms with E-state index in [1.165, 1.54) is 22.7 Å². The predicted molar refractivity (Wildman–Crippen MR) is 101 cm³/mol. The van der Waals surface area contributed by atoms with E-state index in [1.54, 1.807) is 29.1 Å². The van der Waals surface area contributed by atoms with Crippen LogP contribution in [0.5, 0.6) is 0 Å². The number of piperidine rings is 1. The summed E-state index contributed by atoms with van der Waals surface area (Å²) in [5.74, 6) is -0.181. The molecule has 0 radical (unpaired) electrons. The minimum absolute atomic E-state index is 0.0890. The summed E-state index contributed by atoms with van der Waals surface area (Å²) in [6.07, 6.45) is 2.70. The van der Waals surface area contributed by atoms with Gasteiger partial charge in [0.15, 0.2) is 5.13 Å². The summed E-state index contributed by atoms with van der Waals surface area (Å²) >= 11 is 2.85. The molecule has 0 atom stereocenters. The molecule has 0 aromatic carbocycles. The molecule has 26 heavy (non-hydrogen) atoms. The lowest BCUT2D eigenvalue weighted by molar-refractivity contribution is -0.127. The maximum atomic E-state index is 12.9. The summed E-state index contributed by atoms with van der Waals surface area (Å²) in [6, 6.07) is 0. The van der Waals surface area contributed by atoms with Crippen LogP contribution >= 0.6 is 22.7 Å². The molecular formula is C16H21N5O3S2. The van der Waals surface area contributed by atoms with Gasteiger partial charge in [0.2, 0.25) is 5.91 Å². The molecule has 3 rings (SSSR count). The second kappa shape index (κ2) is 8.56. The minimum Gasteiger partial charge on any atom is -0.383 e. The number of aromatic nitrogens is 2. The monoisotopic (exact) mass is 395 g/mol. The highest BCUT2D eigenvalue weighted by atomic mass is 32.1. The van der Waals surface area contributed by atoms with E-state index in [1.807, 2.05) is 5.38 Å². The molecule has 1 aliphatic heterocycles. The summed E-state index contributed by atoms with van der Waals surface area (Å²) in [6.45, 7) is 1.85. The number of thiazole rings is 2. The Labute approximate surface area is 159 Å². The van der Waals surface area contributed by atoms with Gasteiger partial charge in [-0.25, -0.2) is 9.97 Å². The Hall–Kier alpha value is -2.04. The van der Waals surface area contributed by atoms with Crippen molar-refractivity contribution in [3.63, 3.8) is 0 Å². The Bertz CT molecular complexity index is 712. The van der Waals surface area contributed by atoms with Crippen LogP contribution in [0, 0.1) is 0 Å². The fourth-order valence-electron chi connectivity index (χ4n) is 2.91. The second-order valence-corrected chi connectivity index (χ2v) is 7.57. The summed E-state index contributed by atoms with van der Waals surface area (Å²) in [7, 11) is 1.60. The van der Waals surface area contributed by atoms with Gasteiger partial charge in [-0.1, -0.05) is 0 Å². The van der Waals surface area contributed by atoms with Crippen molar-refractivity contribution in [2.75, 3.05) is 38.7 Å². The predicted octanol–water partition coefficient (Wildman–Crippen LogP) is 1.45. The van der Waals surface area contributed by atoms with Crippen LogP contribution in [0.15, 0.2) is 22.5 Å². The van der Waals surface area contributed by atoms with E-state index in [-0.39, 0.29) is 11.8 Å². The Morgan fingerprint density at radius 3 is 2.77 bits per heavy atom. The number of carbonyl (C=O) groups is 2. The van der Waals surface area contributed by atoms with Gasteiger partial charge < -0.3 is 20.3 Å². The van der Waals surface area contributed by atoms with Gasteiger partial charge in [-0.15, -0.1) is 22.7 Å². The first kappa shape index (κ1) is 18.7. The minimum atomic E-state index is -0.787. The SMILES string of the molecule is COCCNC(=O)C1(Nc2nccs2)CCN(C(=O)c2cscn2)CC1. The van der Waals surface area contributed by atoms with Crippen LogP contribution in [0.3, 0.4) is 0 Å². The lowest BCUT2D eigenvalue weighted by Gasteiger charge is -2.40. The van der Waals surface area contributed by atoms with Crippen molar-refractivity contribution < 1.29 is 14.3 Å². The van der Waals surface area contributed by atoms with Gasteiger partial charge in [0.1, 0.15) is 11.2 Å². The van der Waals surface area contributed by atoms with Crippen molar-refractivity contribution in [2.24, 2.45) is 0 Å². The first-order valence-electron chi connectivity index (χ1n) is 8.27. The molecule has 0 aliphatic carbocycles. The average molecular weight is 396 g/mol. The van der Waals surface area contributed by atoms with Crippen LogP contribution in [0.1, 0.15) is 23.3 Å². The molecule has 0 unspecified atom stereocenters. The lowest BCUT2D eigenvalue weighted by Crippen LogP contribution is -2.59. The maximum absolute atomic E-state index is 12.9. The zero-order valence-corrected chi connectivity index (χ0v) is 16.1. The van der Waals surface area contributed by atoms with Crippen LogP contribution in [0.25, 0.3) is 0 Å². The molecule has 8 nitrogen and oxygen atoms in total. The van der Waals surface area contributed by atoms with Gasteiger partial charge in [-0.2, -0.15) is 0 Å². The second-order valence-electron chi connectivity index (χ2n) is 5.96. The number of nitrogens with one attached hydrogen (secondary N) is 2. The number of amides is 2. The normalized spacial score (nSPS) is 16.3. The van der Waals surface area contributed by atoms with E-state index in [0.29, 0.717) is 49.9 Å². The van der Waals surface area contributed by atoms with Crippen LogP contribution in [0.2, 0.25) is 0 Å². The molecule has 1 aliphatic rings. The van der Waals surface area contributed by atoms with E-state index in [2.05, 4.69) is 20.6 Å². The quantitative estimate of drug-likeness (QED) is 0.689. The van der Waals surface area contributed by atoms with Crippen molar-refractivity contribution in [1.82, 2.24) is 20.2 Å². The maximum Gasteiger partial charge on any atom is 0.273 e. The Kier molecular flexibility index (Phi) is 6.17. The molecule has 3 heterocycles. The molecule has 10 heteroatoms. The fourth-order valence-corrected chi connectivity index (χ4v) is 4.06. The molecule has 2 amide bonds. The highest BCUT2D eigenvalue weighted by Gasteiger charge is 2.43. The van der Waals surface area contributed by atoms with Crippen molar-refractivity contribution in [3.8, 4) is 0 Å². The summed E-state index contributed by atoms with van der Waals surface area (Å²) in [5, 5.41) is 10.5. The van der Waals surface area contributed by atoms with Crippen LogP contribution in [0.4, 0.5) is 5.13 Å². The summed E-state index contributed by atoms with van der Waals surface area (Å²) in [4.78, 5) is 35.4. The smallest absolute Gasteiger partial charge is 0.273 e. The summed E-state index contributed by atoms with van der Waals surface area (Å²) < 4.78 is 5.00. The van der Waals surface area contributed by atoms with Gasteiger partial charge in [0, 0.05) is 43.7 Å². The number of likely N-dealkylation sites (tertiary alicyclic amines) is 1. The Morgan fingerprint density at radius 1 is 1.35 bits per heavy atom. The van der Waals surface area contributed by atoms with Gasteiger partial charge in [0.25, 0.3) is 5.91 Å². The van der Waals surface area contributed by atoms with Crippen molar-refractivity contribution >= 4 is 39.6 Å². The van der Waals surface area contributed by atoms with Gasteiger partial charge in [-0.05, 0) is 12.8 Å². The Balaban J connectivity index is 1.69. The molecule has 0 saturated carbocycles. The van der Waals surface area contributed by atoms with E-state index in [0.717, 1.165) is 0 Å². The molecule has 2 aromatic heterocycles. The number of ether oxygens (including phenoxy) is 1. The zero-order valence-electron chi connectivity index (χ0n) is 14.4. The van der Waals surface area contributed by atoms with Crippen LogP contribution < -0.4 is 10.6 Å². The first-order valence-corrected chi connectivity index (χ1v) is 10.1. The highest BCUT2D eigenvalue weighted by Crippen LogP contribution is 2.29. The molecule has 140 valence electrons. The molecule has 2 N–H and O–H groups in total. The molecule has 2 aromatic rings. The van der Waals surface area contributed by atoms with Gasteiger partial charge >= 0.3 is 0 Å². The van der Waals surface area contributed by atoms with Gasteiger partial charge in [-0.3, -0.25) is 9.59 Å². The molecular weight excluding hydrogens is 374 g/mol. The number of anilines is 1. The molecule has 1 fully saturated rings. The van der Waals surface area contributed by atoms with Crippen molar-refractivity contribution in [1.29, 1.82) is 0 Å². The zero-order chi connectivity index (χ0) is 18.4. The standard InChI is InChI=1S/C16H21N5O3S2/c1-24-8-4-17-14(23)16(20-15-18-5-9-26-15)2-6-21(7-3-16)13(22)12-10-25-11-19-12/h5,9-11H,2-4,6-8H2,1H3,(H,17,23)(H,18,20). The number of hydrogen-bond acceptors (Lipinski definition) is 8. The third-order valence-electron chi connectivity index (χ3n) is 4.36. The largest absolute Gasteiger partial charge is 0.383 e. The third kappa shape index (κ3) is 4.19. The molecule has 0 bridgehead atoms. The van der Waals surface area contributed by atoms with Crippen LogP contribution in [-0.2, 0) is 9.53 Å². The van der Waals surface area contributed by atoms with Gasteiger partial charge in [0.05, 0.1) is 12.1 Å². The summed E-state index contributed by atoms with van der Waals surface area (Å²) in [5.41, 5.74) is 1.32. The number of hydrogen-bond donors (Lipinski definition) is 2. The third-order valence-corrected chi connectivity index (χ3v) is 5.64. The van der Waals surface area contributed by atoms with Crippen molar-refractivity contribution in [2.45, 2.75) is 18.4 Å². The fraction of sp³-hybridized carbons (Fsp3) is 0.500. The molecule has 1 saturated heterocycles. The number of rotatable bonds is 7. The Morgan fingerprint density at radius 2 is 2.15 bits per heavy atom. The van der Waals surface area contributed by atoms with E-state index in [4.69, 9.17) is 4.74 Å². The average Bonchev–Trinajstić information content (AvgIpc) is 3.36. The van der Waals surface area contributed by atoms with E-state index >= 15 is 0 Å². The number of carbonyl (C=O) groups excluding carboxylic acids is 2. The number of nitrogens with zero attached hydrogens (tertiary/aromatic N) is 3. The lowest BCUT2D eigenvalue weighted by atomic mass is 9.86. The molecule has 0 spiro atoms. The van der Waals surface area contributed by atoms with E-state index < -0.39 is 5.54 Å². The van der Waals surface area contributed by atoms with Crippen molar-refractivity contribution in [3.05, 3.63) is 28.2 Å². The topological polar surface area (TPSA) is 96.5 Å². The number of methoxy groups -OCH3 is 1.